The molecule has 0 spiro atoms. The zero-order valence-electron chi connectivity index (χ0n) is 11.0. The van der Waals surface area contributed by atoms with Gasteiger partial charge in [0.25, 0.3) is 0 Å². The van der Waals surface area contributed by atoms with E-state index >= 15 is 0 Å². The Morgan fingerprint density at radius 3 is 2.30 bits per heavy atom. The Labute approximate surface area is 115 Å². The molecule has 2 N–H and O–H groups in total. The summed E-state index contributed by atoms with van der Waals surface area (Å²) in [5.74, 6) is -4.30. The molecule has 1 unspecified atom stereocenters. The molecule has 0 saturated heterocycles. The number of ketones is 1. The molecular formula is C13H16O7. The van der Waals surface area contributed by atoms with Gasteiger partial charge in [-0.25, -0.2) is 9.59 Å². The number of allylic oxidation sites excluding steroid dienone is 1. The molecule has 0 bridgehead atoms. The summed E-state index contributed by atoms with van der Waals surface area (Å²) < 4.78 is 4.74. The van der Waals surface area contributed by atoms with Gasteiger partial charge in [-0.15, -0.1) is 0 Å². The van der Waals surface area contributed by atoms with Crippen molar-refractivity contribution in [3.8, 4) is 0 Å². The lowest BCUT2D eigenvalue weighted by Gasteiger charge is -2.12. The van der Waals surface area contributed by atoms with E-state index in [-0.39, 0.29) is 30.8 Å². The number of hydrogen-bond acceptors (Lipinski definition) is 5. The zero-order valence-corrected chi connectivity index (χ0v) is 11.0. The first-order valence-corrected chi connectivity index (χ1v) is 5.72. The highest BCUT2D eigenvalue weighted by atomic mass is 16.5. The molecule has 0 aromatic carbocycles. The number of hydrogen-bond donors (Lipinski definition) is 2. The number of rotatable bonds is 9. The molecule has 0 aliphatic heterocycles. The normalized spacial score (nSPS) is 11.8. The van der Waals surface area contributed by atoms with Crippen LogP contribution in [0.25, 0.3) is 0 Å². The predicted molar refractivity (Wildman–Crippen MR) is 67.9 cm³/mol. The number of ether oxygens (including phenoxy) is 1. The third-order valence-electron chi connectivity index (χ3n) is 2.28. The minimum absolute atomic E-state index is 0.0680. The standard InChI is InChI=1S/C13H16O7/c1-8(14)7-12(17)20-6-5-10(3-4-11(15)16)9(2)13(18)19/h3-4,10H,2,5-7H2,1H3,(H,15,16)(H,18,19). The van der Waals surface area contributed by atoms with Gasteiger partial charge >= 0.3 is 17.9 Å². The molecule has 0 aromatic heterocycles. The second kappa shape index (κ2) is 8.63. The fourth-order valence-electron chi connectivity index (χ4n) is 1.30. The molecule has 1 atom stereocenters. The highest BCUT2D eigenvalue weighted by molar-refractivity contribution is 5.94. The van der Waals surface area contributed by atoms with Crippen molar-refractivity contribution in [1.82, 2.24) is 0 Å². The molecule has 0 fully saturated rings. The van der Waals surface area contributed by atoms with Crippen molar-refractivity contribution in [2.75, 3.05) is 6.61 Å². The minimum Gasteiger partial charge on any atom is -0.478 e. The van der Waals surface area contributed by atoms with Gasteiger partial charge in [-0.1, -0.05) is 12.7 Å². The Morgan fingerprint density at radius 2 is 1.85 bits per heavy atom. The Morgan fingerprint density at radius 1 is 1.25 bits per heavy atom. The predicted octanol–water partition coefficient (Wildman–Crippen LogP) is 0.797. The molecule has 0 rings (SSSR count). The topological polar surface area (TPSA) is 118 Å². The Balaban J connectivity index is 4.48. The van der Waals surface area contributed by atoms with Crippen molar-refractivity contribution in [3.05, 3.63) is 24.3 Å². The van der Waals surface area contributed by atoms with Crippen LogP contribution < -0.4 is 0 Å². The first-order valence-electron chi connectivity index (χ1n) is 5.72. The van der Waals surface area contributed by atoms with Gasteiger partial charge < -0.3 is 14.9 Å². The number of aliphatic carboxylic acids is 2. The van der Waals surface area contributed by atoms with Crippen molar-refractivity contribution < 1.29 is 34.1 Å². The first kappa shape index (κ1) is 17.6. The number of carbonyl (C=O) groups is 4. The number of esters is 1. The lowest BCUT2D eigenvalue weighted by atomic mass is 9.96. The van der Waals surface area contributed by atoms with Gasteiger partial charge in [-0.2, -0.15) is 0 Å². The van der Waals surface area contributed by atoms with E-state index in [2.05, 4.69) is 6.58 Å². The molecule has 0 radical (unpaired) electrons. The van der Waals surface area contributed by atoms with Crippen LogP contribution in [0, 0.1) is 5.92 Å². The number of Topliss-reactive ketones (excluding diaryl/α,β-unsaturated/α-hetero) is 1. The molecular weight excluding hydrogens is 268 g/mol. The highest BCUT2D eigenvalue weighted by Gasteiger charge is 2.17. The van der Waals surface area contributed by atoms with Crippen LogP contribution in [0.3, 0.4) is 0 Å². The summed E-state index contributed by atoms with van der Waals surface area (Å²) >= 11 is 0. The molecule has 7 heteroatoms. The fourth-order valence-corrected chi connectivity index (χ4v) is 1.30. The fraction of sp³-hybridized carbons (Fsp3) is 0.385. The summed E-state index contributed by atoms with van der Waals surface area (Å²) in [5.41, 5.74) is -0.204. The van der Waals surface area contributed by atoms with Crippen molar-refractivity contribution in [3.63, 3.8) is 0 Å². The summed E-state index contributed by atoms with van der Waals surface area (Å²) in [5, 5.41) is 17.3. The van der Waals surface area contributed by atoms with Crippen LogP contribution in [0.1, 0.15) is 19.8 Å². The van der Waals surface area contributed by atoms with Gasteiger partial charge in [0.2, 0.25) is 0 Å². The maximum absolute atomic E-state index is 11.1. The molecule has 7 nitrogen and oxygen atoms in total. The molecule has 0 saturated carbocycles. The van der Waals surface area contributed by atoms with Gasteiger partial charge in [0.15, 0.2) is 0 Å². The van der Waals surface area contributed by atoms with Crippen LogP contribution in [0.15, 0.2) is 24.3 Å². The van der Waals surface area contributed by atoms with E-state index in [1.807, 2.05) is 0 Å². The van der Waals surface area contributed by atoms with Crippen molar-refractivity contribution in [1.29, 1.82) is 0 Å². The smallest absolute Gasteiger partial charge is 0.331 e. The van der Waals surface area contributed by atoms with Crippen molar-refractivity contribution in [2.45, 2.75) is 19.8 Å². The van der Waals surface area contributed by atoms with Gasteiger partial charge in [0.05, 0.1) is 6.61 Å². The van der Waals surface area contributed by atoms with E-state index in [1.165, 1.54) is 6.92 Å². The largest absolute Gasteiger partial charge is 0.478 e. The summed E-state index contributed by atoms with van der Waals surface area (Å²) in [6.07, 6.45) is 1.68. The SMILES string of the molecule is C=C(C(=O)O)C(C=CC(=O)O)CCOC(=O)CC(C)=O. The molecule has 110 valence electrons. The van der Waals surface area contributed by atoms with E-state index < -0.39 is 23.8 Å². The Bertz CT molecular complexity index is 448. The maximum Gasteiger partial charge on any atom is 0.331 e. The van der Waals surface area contributed by atoms with Crippen LogP contribution in [0.5, 0.6) is 0 Å². The lowest BCUT2D eigenvalue weighted by molar-refractivity contribution is -0.146. The van der Waals surface area contributed by atoms with E-state index in [9.17, 15) is 19.2 Å². The second-order valence-corrected chi connectivity index (χ2v) is 4.02. The van der Waals surface area contributed by atoms with Gasteiger partial charge in [-0.3, -0.25) is 9.59 Å². The molecule has 20 heavy (non-hydrogen) atoms. The van der Waals surface area contributed by atoms with Crippen molar-refractivity contribution >= 4 is 23.7 Å². The molecule has 0 amide bonds. The second-order valence-electron chi connectivity index (χ2n) is 4.02. The summed E-state index contributed by atoms with van der Waals surface area (Å²) in [4.78, 5) is 43.0. The third kappa shape index (κ3) is 7.80. The molecule has 0 aliphatic carbocycles. The van der Waals surface area contributed by atoms with Crippen LogP contribution in [0.4, 0.5) is 0 Å². The number of carbonyl (C=O) groups excluding carboxylic acids is 2. The van der Waals surface area contributed by atoms with E-state index in [4.69, 9.17) is 14.9 Å². The zero-order chi connectivity index (χ0) is 15.7. The Kier molecular flexibility index (Phi) is 7.57. The van der Waals surface area contributed by atoms with Gasteiger partial charge in [0.1, 0.15) is 12.2 Å². The average Bonchev–Trinajstić information content (AvgIpc) is 2.31. The van der Waals surface area contributed by atoms with E-state index in [1.54, 1.807) is 0 Å². The average molecular weight is 284 g/mol. The van der Waals surface area contributed by atoms with Crippen molar-refractivity contribution in [2.24, 2.45) is 5.92 Å². The van der Waals surface area contributed by atoms with Crippen LogP contribution in [-0.2, 0) is 23.9 Å². The third-order valence-corrected chi connectivity index (χ3v) is 2.28. The minimum atomic E-state index is -1.26. The van der Waals surface area contributed by atoms with Crippen LogP contribution in [-0.4, -0.2) is 40.5 Å². The van der Waals surface area contributed by atoms with E-state index in [0.717, 1.165) is 12.2 Å². The highest BCUT2D eigenvalue weighted by Crippen LogP contribution is 2.16. The van der Waals surface area contributed by atoms with Crippen LogP contribution in [0.2, 0.25) is 0 Å². The quantitative estimate of drug-likeness (QED) is 0.365. The first-order chi connectivity index (χ1) is 9.23. The lowest BCUT2D eigenvalue weighted by Crippen LogP contribution is -2.15. The van der Waals surface area contributed by atoms with E-state index in [0.29, 0.717) is 0 Å². The molecule has 0 aliphatic rings. The molecule has 0 heterocycles. The maximum atomic E-state index is 11.1. The number of carboxylic acid groups (broad SMARTS) is 2. The monoisotopic (exact) mass is 284 g/mol. The Hall–Kier alpha value is -2.44. The van der Waals surface area contributed by atoms with Gasteiger partial charge in [0, 0.05) is 17.6 Å². The van der Waals surface area contributed by atoms with Crippen LogP contribution >= 0.6 is 0 Å². The summed E-state index contributed by atoms with van der Waals surface area (Å²) in [6, 6.07) is 0. The number of carboxylic acids is 2. The summed E-state index contributed by atoms with van der Waals surface area (Å²) in [6.45, 7) is 4.45. The van der Waals surface area contributed by atoms with Gasteiger partial charge in [-0.05, 0) is 13.3 Å². The molecule has 0 aromatic rings. The summed E-state index contributed by atoms with van der Waals surface area (Å²) in [7, 11) is 0.